The molecule has 1 heterocycles. The quantitative estimate of drug-likeness (QED) is 0.632. The monoisotopic (exact) mass is 335 g/mol. The van der Waals surface area contributed by atoms with E-state index in [9.17, 15) is 9.59 Å². The van der Waals surface area contributed by atoms with Crippen LogP contribution in [0.25, 0.3) is 0 Å². The van der Waals surface area contributed by atoms with Gasteiger partial charge in [0.15, 0.2) is 11.5 Å². The fourth-order valence-electron chi connectivity index (χ4n) is 2.31. The maximum absolute atomic E-state index is 12.3. The number of nitrogens with zero attached hydrogens (tertiary/aromatic N) is 2. The number of benzene rings is 1. The zero-order valence-corrected chi connectivity index (χ0v) is 14.4. The van der Waals surface area contributed by atoms with Crippen LogP contribution < -0.4 is 19.5 Å². The van der Waals surface area contributed by atoms with Gasteiger partial charge in [-0.05, 0) is 25.5 Å². The summed E-state index contributed by atoms with van der Waals surface area (Å²) in [5.74, 6) is 0.965. The Morgan fingerprint density at radius 2 is 1.75 bits per heavy atom. The van der Waals surface area contributed by atoms with Gasteiger partial charge in [0, 0.05) is 5.56 Å². The van der Waals surface area contributed by atoms with Crippen molar-refractivity contribution in [3.05, 3.63) is 17.7 Å². The predicted molar refractivity (Wildman–Crippen MR) is 87.8 cm³/mol. The van der Waals surface area contributed by atoms with E-state index in [1.54, 1.807) is 19.1 Å². The van der Waals surface area contributed by atoms with E-state index < -0.39 is 17.5 Å². The second kappa shape index (κ2) is 6.77. The van der Waals surface area contributed by atoms with E-state index in [0.717, 1.165) is 5.01 Å². The van der Waals surface area contributed by atoms with E-state index in [1.807, 2.05) is 6.92 Å². The first kappa shape index (κ1) is 17.6. The van der Waals surface area contributed by atoms with Crippen LogP contribution in [0.5, 0.6) is 17.2 Å². The van der Waals surface area contributed by atoms with Gasteiger partial charge in [0.1, 0.15) is 5.54 Å². The fraction of sp³-hybridized carbons (Fsp3) is 0.438. The van der Waals surface area contributed by atoms with E-state index in [-0.39, 0.29) is 0 Å². The molecule has 0 unspecified atom stereocenters. The first-order chi connectivity index (χ1) is 11.4. The lowest BCUT2D eigenvalue weighted by Crippen LogP contribution is -2.42. The highest BCUT2D eigenvalue weighted by atomic mass is 16.5. The molecule has 0 saturated carbocycles. The maximum Gasteiger partial charge on any atom is 0.346 e. The third-order valence-electron chi connectivity index (χ3n) is 3.96. The molecule has 3 amide bonds. The number of carbonyl (C=O) groups is 2. The lowest BCUT2D eigenvalue weighted by Gasteiger charge is -2.17. The number of rotatable bonds is 6. The normalized spacial score (nSPS) is 20.5. The Bertz CT molecular complexity index is 663. The molecule has 1 aromatic carbocycles. The van der Waals surface area contributed by atoms with E-state index >= 15 is 0 Å². The van der Waals surface area contributed by atoms with E-state index in [2.05, 4.69) is 10.4 Å². The molecule has 130 valence electrons. The van der Waals surface area contributed by atoms with Crippen molar-refractivity contribution < 1.29 is 23.8 Å². The van der Waals surface area contributed by atoms with Gasteiger partial charge in [0.05, 0.1) is 27.5 Å². The SMILES string of the molecule is CC[C@@]1(C)NC(=O)N(/N=C\c2cc(OC)c(OC)c(OC)c2)C1=O. The zero-order chi connectivity index (χ0) is 17.9. The van der Waals surface area contributed by atoms with Crippen LogP contribution in [-0.2, 0) is 4.79 Å². The van der Waals surface area contributed by atoms with Gasteiger partial charge in [-0.2, -0.15) is 5.10 Å². The van der Waals surface area contributed by atoms with Crippen molar-refractivity contribution >= 4 is 18.2 Å². The number of amides is 3. The number of carbonyl (C=O) groups excluding carboxylic acids is 2. The van der Waals surface area contributed by atoms with Gasteiger partial charge in [0.2, 0.25) is 5.75 Å². The van der Waals surface area contributed by atoms with Gasteiger partial charge in [-0.25, -0.2) is 4.79 Å². The van der Waals surface area contributed by atoms with Gasteiger partial charge in [-0.3, -0.25) is 4.79 Å². The van der Waals surface area contributed by atoms with Crippen molar-refractivity contribution in [2.24, 2.45) is 5.10 Å². The van der Waals surface area contributed by atoms with Crippen molar-refractivity contribution in [1.82, 2.24) is 10.3 Å². The van der Waals surface area contributed by atoms with Crippen LogP contribution >= 0.6 is 0 Å². The highest BCUT2D eigenvalue weighted by Gasteiger charge is 2.46. The van der Waals surface area contributed by atoms with Gasteiger partial charge in [-0.15, -0.1) is 5.01 Å². The maximum atomic E-state index is 12.3. The molecule has 0 radical (unpaired) electrons. The fourth-order valence-corrected chi connectivity index (χ4v) is 2.31. The summed E-state index contributed by atoms with van der Waals surface area (Å²) in [6, 6.07) is 2.79. The highest BCUT2D eigenvalue weighted by molar-refractivity contribution is 6.07. The summed E-state index contributed by atoms with van der Waals surface area (Å²) in [6.07, 6.45) is 1.87. The predicted octanol–water partition coefficient (Wildman–Crippen LogP) is 1.77. The molecule has 8 heteroatoms. The second-order valence-corrected chi connectivity index (χ2v) is 5.44. The number of hydrazone groups is 1. The minimum Gasteiger partial charge on any atom is -0.493 e. The molecule has 8 nitrogen and oxygen atoms in total. The molecule has 1 fully saturated rings. The van der Waals surface area contributed by atoms with Crippen molar-refractivity contribution in [2.75, 3.05) is 21.3 Å². The molecule has 1 atom stereocenters. The Morgan fingerprint density at radius 1 is 1.17 bits per heavy atom. The number of methoxy groups -OCH3 is 3. The van der Waals surface area contributed by atoms with Crippen LogP contribution in [0, 0.1) is 0 Å². The molecule has 1 aliphatic rings. The van der Waals surface area contributed by atoms with Crippen LogP contribution in [0.15, 0.2) is 17.2 Å². The third kappa shape index (κ3) is 2.99. The lowest BCUT2D eigenvalue weighted by atomic mass is 10.00. The third-order valence-corrected chi connectivity index (χ3v) is 3.96. The van der Waals surface area contributed by atoms with Gasteiger partial charge < -0.3 is 19.5 Å². The lowest BCUT2D eigenvalue weighted by molar-refractivity contribution is -0.130. The largest absolute Gasteiger partial charge is 0.493 e. The molecule has 24 heavy (non-hydrogen) atoms. The van der Waals surface area contributed by atoms with Crippen LogP contribution in [0.4, 0.5) is 4.79 Å². The van der Waals surface area contributed by atoms with Gasteiger partial charge >= 0.3 is 6.03 Å². The summed E-state index contributed by atoms with van der Waals surface area (Å²) in [4.78, 5) is 24.2. The Labute approximate surface area is 140 Å². The smallest absolute Gasteiger partial charge is 0.346 e. The summed E-state index contributed by atoms with van der Waals surface area (Å²) in [6.45, 7) is 3.49. The molecule has 2 rings (SSSR count). The summed E-state index contributed by atoms with van der Waals surface area (Å²) in [7, 11) is 4.51. The Kier molecular flexibility index (Phi) is 4.96. The molecule has 0 aromatic heterocycles. The number of hydrogen-bond donors (Lipinski definition) is 1. The Hall–Kier alpha value is -2.77. The summed E-state index contributed by atoms with van der Waals surface area (Å²) in [5, 5.41) is 7.46. The summed E-state index contributed by atoms with van der Waals surface area (Å²) in [5.41, 5.74) is -0.334. The molecule has 0 aliphatic carbocycles. The van der Waals surface area contributed by atoms with E-state index in [1.165, 1.54) is 27.5 Å². The molecular formula is C16H21N3O5. The minimum atomic E-state index is -0.927. The number of hydrogen-bond acceptors (Lipinski definition) is 6. The first-order valence-electron chi connectivity index (χ1n) is 7.40. The average Bonchev–Trinajstić information content (AvgIpc) is 2.81. The van der Waals surface area contributed by atoms with Crippen molar-refractivity contribution in [2.45, 2.75) is 25.8 Å². The summed E-state index contributed by atoms with van der Waals surface area (Å²) < 4.78 is 15.8. The molecule has 1 aromatic rings. The molecule has 1 aliphatic heterocycles. The zero-order valence-electron chi connectivity index (χ0n) is 14.4. The number of imide groups is 1. The average molecular weight is 335 g/mol. The second-order valence-electron chi connectivity index (χ2n) is 5.44. The van der Waals surface area contributed by atoms with Gasteiger partial charge in [-0.1, -0.05) is 6.92 Å². The van der Waals surface area contributed by atoms with Crippen LogP contribution in [0.2, 0.25) is 0 Å². The first-order valence-corrected chi connectivity index (χ1v) is 7.40. The van der Waals surface area contributed by atoms with Gasteiger partial charge in [0.25, 0.3) is 5.91 Å². The standard InChI is InChI=1S/C16H21N3O5/c1-6-16(2)14(20)19(15(21)18-16)17-9-10-7-11(22-3)13(24-5)12(8-10)23-4/h7-9H,6H2,1-5H3,(H,18,21)/b17-9-/t16-/m1/s1. The molecule has 0 bridgehead atoms. The number of urea groups is 1. The van der Waals surface area contributed by atoms with Crippen molar-refractivity contribution in [3.63, 3.8) is 0 Å². The van der Waals surface area contributed by atoms with Crippen molar-refractivity contribution in [1.29, 1.82) is 0 Å². The minimum absolute atomic E-state index is 0.390. The highest BCUT2D eigenvalue weighted by Crippen LogP contribution is 2.37. The summed E-state index contributed by atoms with van der Waals surface area (Å²) >= 11 is 0. The van der Waals surface area contributed by atoms with Crippen molar-refractivity contribution in [3.8, 4) is 17.2 Å². The van der Waals surface area contributed by atoms with Crippen LogP contribution in [0.3, 0.4) is 0 Å². The Morgan fingerprint density at radius 3 is 2.17 bits per heavy atom. The molecule has 1 saturated heterocycles. The van der Waals surface area contributed by atoms with E-state index in [0.29, 0.717) is 29.2 Å². The molecule has 1 N–H and O–H groups in total. The van der Waals surface area contributed by atoms with E-state index in [4.69, 9.17) is 14.2 Å². The van der Waals surface area contributed by atoms with Crippen LogP contribution in [0.1, 0.15) is 25.8 Å². The number of nitrogens with one attached hydrogen (secondary N) is 1. The number of ether oxygens (including phenoxy) is 3. The molecular weight excluding hydrogens is 314 g/mol. The topological polar surface area (TPSA) is 89.5 Å². The Balaban J connectivity index is 2.33. The molecule has 0 spiro atoms. The van der Waals surface area contributed by atoms with Crippen LogP contribution in [-0.4, -0.2) is 50.0 Å².